The number of rotatable bonds is 14. The third kappa shape index (κ3) is 8.41. The average molecular weight is 593 g/mol. The summed E-state index contributed by atoms with van der Waals surface area (Å²) >= 11 is 0. The normalized spacial score (nSPS) is 13.8. The number of aromatic hydroxyl groups is 3. The summed E-state index contributed by atoms with van der Waals surface area (Å²) in [4.78, 5) is 41.0. The van der Waals surface area contributed by atoms with Crippen molar-refractivity contribution in [3.8, 4) is 23.0 Å². The number of nitrogens with one attached hydrogen (secondary N) is 1. The molecule has 0 saturated heterocycles. The van der Waals surface area contributed by atoms with Gasteiger partial charge >= 0.3 is 5.97 Å². The summed E-state index contributed by atoms with van der Waals surface area (Å²) in [7, 11) is 0. The maximum absolute atomic E-state index is 13.8. The number of carbonyl (C=O) groups is 3. The third-order valence-corrected chi connectivity index (χ3v) is 7.40. The molecule has 5 N–H and O–H groups in total. The summed E-state index contributed by atoms with van der Waals surface area (Å²) in [5.41, 5.74) is 1.51. The van der Waals surface area contributed by atoms with Crippen LogP contribution >= 0.6 is 0 Å². The molecule has 0 aliphatic carbocycles. The number of hydrogen-bond acceptors (Lipinski definition) is 7. The van der Waals surface area contributed by atoms with E-state index in [1.807, 2.05) is 6.92 Å². The molecule has 3 rings (SSSR count). The van der Waals surface area contributed by atoms with E-state index in [1.54, 1.807) is 63.2 Å². The Hall–Kier alpha value is -4.73. The van der Waals surface area contributed by atoms with Crippen molar-refractivity contribution in [1.82, 2.24) is 10.2 Å². The molecule has 3 unspecified atom stereocenters. The lowest BCUT2D eigenvalue weighted by Gasteiger charge is -2.36. The fourth-order valence-electron chi connectivity index (χ4n) is 5.26. The summed E-state index contributed by atoms with van der Waals surface area (Å²) in [6.07, 6.45) is -0.159. The fourth-order valence-corrected chi connectivity index (χ4v) is 5.26. The minimum Gasteiger partial charge on any atom is -0.508 e. The van der Waals surface area contributed by atoms with Gasteiger partial charge in [-0.1, -0.05) is 56.3 Å². The molecule has 0 spiro atoms. The van der Waals surface area contributed by atoms with E-state index >= 15 is 0 Å². The molecule has 10 nitrogen and oxygen atoms in total. The molecule has 3 aromatic carbocycles. The molecule has 3 aromatic rings. The Bertz CT molecular complexity index is 1410. The molecule has 0 bridgehead atoms. The number of amides is 2. The SMILES string of the molecule is CCOc1ccc(C(C)CC(=O)N(CC)[C@H](c2ccccc2)C(NC(=O)CC(C)c2ccc(O)cc2O)C(=O)O)c(O)c1. The molecule has 43 heavy (non-hydrogen) atoms. The number of benzene rings is 3. The first kappa shape index (κ1) is 32.8. The van der Waals surface area contributed by atoms with Crippen molar-refractivity contribution < 1.29 is 39.5 Å². The monoisotopic (exact) mass is 592 g/mol. The van der Waals surface area contributed by atoms with Gasteiger partial charge in [-0.2, -0.15) is 0 Å². The Labute approximate surface area is 251 Å². The predicted octanol–water partition coefficient (Wildman–Crippen LogP) is 5.05. The minimum absolute atomic E-state index is 0.00151. The second kappa shape index (κ2) is 14.9. The molecule has 2 amide bonds. The second-order valence-electron chi connectivity index (χ2n) is 10.5. The highest BCUT2D eigenvalue weighted by molar-refractivity contribution is 5.86. The first-order valence-corrected chi connectivity index (χ1v) is 14.3. The zero-order valence-electron chi connectivity index (χ0n) is 24.9. The topological polar surface area (TPSA) is 157 Å². The van der Waals surface area contributed by atoms with Crippen molar-refractivity contribution in [2.75, 3.05) is 13.2 Å². The lowest BCUT2D eigenvalue weighted by molar-refractivity contribution is -0.146. The van der Waals surface area contributed by atoms with E-state index in [0.717, 1.165) is 0 Å². The Kier molecular flexibility index (Phi) is 11.4. The molecule has 4 atom stereocenters. The summed E-state index contributed by atoms with van der Waals surface area (Å²) in [5.74, 6) is -2.91. The summed E-state index contributed by atoms with van der Waals surface area (Å²) < 4.78 is 5.43. The quantitative estimate of drug-likeness (QED) is 0.174. The molecule has 0 heterocycles. The lowest BCUT2D eigenvalue weighted by Crippen LogP contribution is -2.52. The Balaban J connectivity index is 1.87. The third-order valence-electron chi connectivity index (χ3n) is 7.40. The van der Waals surface area contributed by atoms with Crippen LogP contribution in [0, 0.1) is 0 Å². The number of carboxylic acid groups (broad SMARTS) is 1. The highest BCUT2D eigenvalue weighted by Gasteiger charge is 2.37. The van der Waals surface area contributed by atoms with Gasteiger partial charge in [-0.3, -0.25) is 9.59 Å². The van der Waals surface area contributed by atoms with E-state index in [-0.39, 0.29) is 42.5 Å². The molecular formula is C33H40N2O8. The van der Waals surface area contributed by atoms with Crippen LogP contribution in [0.1, 0.15) is 75.1 Å². The van der Waals surface area contributed by atoms with Crippen molar-refractivity contribution >= 4 is 17.8 Å². The largest absolute Gasteiger partial charge is 0.508 e. The molecule has 0 aliphatic heterocycles. The summed E-state index contributed by atoms with van der Waals surface area (Å²) in [6.45, 7) is 7.69. The van der Waals surface area contributed by atoms with Crippen LogP contribution in [0.15, 0.2) is 66.7 Å². The molecular weight excluding hydrogens is 552 g/mol. The van der Waals surface area contributed by atoms with Crippen LogP contribution in [0.2, 0.25) is 0 Å². The molecule has 0 aliphatic rings. The second-order valence-corrected chi connectivity index (χ2v) is 10.5. The molecule has 0 radical (unpaired) electrons. The van der Waals surface area contributed by atoms with E-state index in [4.69, 9.17) is 4.74 Å². The van der Waals surface area contributed by atoms with Gasteiger partial charge in [0.1, 0.15) is 23.0 Å². The van der Waals surface area contributed by atoms with Crippen molar-refractivity contribution in [3.05, 3.63) is 83.4 Å². The van der Waals surface area contributed by atoms with Gasteiger partial charge in [0.15, 0.2) is 6.04 Å². The predicted molar refractivity (Wildman–Crippen MR) is 161 cm³/mol. The Morgan fingerprint density at radius 1 is 0.837 bits per heavy atom. The smallest absolute Gasteiger partial charge is 0.328 e. The van der Waals surface area contributed by atoms with Gasteiger partial charge in [0.25, 0.3) is 0 Å². The first-order chi connectivity index (χ1) is 20.5. The number of ether oxygens (including phenoxy) is 1. The Morgan fingerprint density at radius 3 is 2.00 bits per heavy atom. The van der Waals surface area contributed by atoms with E-state index in [0.29, 0.717) is 29.0 Å². The number of nitrogens with zero attached hydrogens (tertiary/aromatic N) is 1. The number of phenolic OH excluding ortho intramolecular Hbond substituents is 3. The highest BCUT2D eigenvalue weighted by Crippen LogP contribution is 2.34. The van der Waals surface area contributed by atoms with Gasteiger partial charge in [0, 0.05) is 31.5 Å². The van der Waals surface area contributed by atoms with Gasteiger partial charge in [-0.05, 0) is 54.5 Å². The first-order valence-electron chi connectivity index (χ1n) is 14.3. The van der Waals surface area contributed by atoms with E-state index < -0.39 is 35.8 Å². The Morgan fingerprint density at radius 2 is 1.44 bits per heavy atom. The molecule has 0 saturated carbocycles. The number of carboxylic acids is 1. The van der Waals surface area contributed by atoms with Gasteiger partial charge in [0.05, 0.1) is 12.6 Å². The highest BCUT2D eigenvalue weighted by atomic mass is 16.5. The van der Waals surface area contributed by atoms with E-state index in [9.17, 15) is 34.8 Å². The van der Waals surface area contributed by atoms with Crippen molar-refractivity contribution in [3.63, 3.8) is 0 Å². The maximum atomic E-state index is 13.8. The lowest BCUT2D eigenvalue weighted by atomic mass is 9.92. The van der Waals surface area contributed by atoms with Gasteiger partial charge in [0.2, 0.25) is 11.8 Å². The number of hydrogen-bond donors (Lipinski definition) is 5. The molecule has 230 valence electrons. The van der Waals surface area contributed by atoms with E-state index in [1.165, 1.54) is 29.2 Å². The van der Waals surface area contributed by atoms with Gasteiger partial charge in [-0.25, -0.2) is 4.79 Å². The molecule has 0 fully saturated rings. The zero-order chi connectivity index (χ0) is 31.7. The molecule has 10 heteroatoms. The van der Waals surface area contributed by atoms with Gasteiger partial charge in [-0.15, -0.1) is 0 Å². The number of carbonyl (C=O) groups excluding carboxylic acids is 2. The number of aliphatic carboxylic acids is 1. The van der Waals surface area contributed by atoms with Crippen LogP contribution < -0.4 is 10.1 Å². The van der Waals surface area contributed by atoms with Crippen molar-refractivity contribution in [2.24, 2.45) is 0 Å². The zero-order valence-corrected chi connectivity index (χ0v) is 24.9. The number of likely N-dealkylation sites (N-methyl/N-ethyl adjacent to an activating group) is 1. The van der Waals surface area contributed by atoms with Crippen LogP contribution in [-0.2, 0) is 14.4 Å². The molecule has 0 aromatic heterocycles. The number of phenols is 3. The van der Waals surface area contributed by atoms with Crippen LogP contribution in [0.4, 0.5) is 0 Å². The van der Waals surface area contributed by atoms with Crippen molar-refractivity contribution in [2.45, 2.75) is 64.5 Å². The van der Waals surface area contributed by atoms with E-state index in [2.05, 4.69) is 5.32 Å². The van der Waals surface area contributed by atoms with Crippen LogP contribution in [-0.4, -0.2) is 62.3 Å². The fraction of sp³-hybridized carbons (Fsp3) is 0.364. The maximum Gasteiger partial charge on any atom is 0.328 e. The van der Waals surface area contributed by atoms with Crippen molar-refractivity contribution in [1.29, 1.82) is 0 Å². The van der Waals surface area contributed by atoms with Crippen LogP contribution in [0.25, 0.3) is 0 Å². The van der Waals surface area contributed by atoms with Gasteiger partial charge < -0.3 is 35.4 Å². The summed E-state index contributed by atoms with van der Waals surface area (Å²) in [5, 5.41) is 43.3. The minimum atomic E-state index is -1.48. The van der Waals surface area contributed by atoms with Crippen LogP contribution in [0.3, 0.4) is 0 Å². The summed E-state index contributed by atoms with van der Waals surface area (Å²) in [6, 6.07) is 15.2. The van der Waals surface area contributed by atoms with Crippen LogP contribution in [0.5, 0.6) is 23.0 Å². The standard InChI is InChI=1S/C33H40N2O8/c1-5-35(30(40)17-21(4)26-15-13-24(43-6-2)19-28(26)38)32(22-10-8-7-9-11-22)31(33(41)42)34-29(39)16-20(3)25-14-12-23(36)18-27(25)37/h7-15,18-21,31-32,36-38H,5-6,16-17H2,1-4H3,(H,34,39)(H,41,42)/t20?,21?,31?,32-/m1/s1. The average Bonchev–Trinajstić information content (AvgIpc) is 2.95.